The zero-order chi connectivity index (χ0) is 21.2. The molecule has 0 spiro atoms. The number of aliphatic hydroxyl groups is 2. The van der Waals surface area contributed by atoms with Crippen LogP contribution in [0.5, 0.6) is 0 Å². The fourth-order valence-corrected chi connectivity index (χ4v) is 4.53. The molecule has 0 fully saturated rings. The number of halogens is 2. The summed E-state index contributed by atoms with van der Waals surface area (Å²) >= 11 is 13.2. The van der Waals surface area contributed by atoms with E-state index in [4.69, 9.17) is 23.2 Å². The largest absolute Gasteiger partial charge is 0.377 e. The molecule has 30 heavy (non-hydrogen) atoms. The first kappa shape index (κ1) is 20.6. The van der Waals surface area contributed by atoms with Gasteiger partial charge in [0.2, 0.25) is 0 Å². The molecule has 0 radical (unpaired) electrons. The Morgan fingerprint density at radius 3 is 1.07 bits per heavy atom. The lowest BCUT2D eigenvalue weighted by atomic mass is 9.66. The molecule has 4 aromatic carbocycles. The molecular formula is C26H20Cl2O2. The Bertz CT molecular complexity index is 1050. The highest BCUT2D eigenvalue weighted by atomic mass is 35.5. The molecule has 0 aliphatic rings. The summed E-state index contributed by atoms with van der Waals surface area (Å²) in [5, 5.41) is 25.7. The van der Waals surface area contributed by atoms with Gasteiger partial charge in [-0.2, -0.15) is 0 Å². The Morgan fingerprint density at radius 1 is 0.433 bits per heavy atom. The number of rotatable bonds is 5. The maximum absolute atomic E-state index is 12.5. The molecule has 0 heterocycles. The van der Waals surface area contributed by atoms with Crippen LogP contribution < -0.4 is 0 Å². The topological polar surface area (TPSA) is 40.5 Å². The van der Waals surface area contributed by atoms with Crippen molar-refractivity contribution in [3.8, 4) is 0 Å². The van der Waals surface area contributed by atoms with Crippen molar-refractivity contribution in [3.05, 3.63) is 141 Å². The smallest absolute Gasteiger partial charge is 0.153 e. The van der Waals surface area contributed by atoms with Crippen LogP contribution in [0.25, 0.3) is 0 Å². The summed E-state index contributed by atoms with van der Waals surface area (Å²) in [4.78, 5) is 0. The Labute approximate surface area is 186 Å². The van der Waals surface area contributed by atoms with Crippen molar-refractivity contribution >= 4 is 23.2 Å². The van der Waals surface area contributed by atoms with Gasteiger partial charge in [0.25, 0.3) is 0 Å². The van der Waals surface area contributed by atoms with E-state index in [9.17, 15) is 10.2 Å². The van der Waals surface area contributed by atoms with Crippen LogP contribution in [0.3, 0.4) is 0 Å². The molecule has 2 N–H and O–H groups in total. The Morgan fingerprint density at radius 2 is 0.733 bits per heavy atom. The monoisotopic (exact) mass is 434 g/mol. The van der Waals surface area contributed by atoms with Crippen molar-refractivity contribution in [2.45, 2.75) is 11.2 Å². The zero-order valence-corrected chi connectivity index (χ0v) is 17.6. The molecule has 0 bridgehead atoms. The second-order valence-electron chi connectivity index (χ2n) is 7.11. The minimum absolute atomic E-state index is 0.338. The first-order valence-corrected chi connectivity index (χ1v) is 10.3. The van der Waals surface area contributed by atoms with Crippen LogP contribution in [0.15, 0.2) is 109 Å². The van der Waals surface area contributed by atoms with E-state index in [1.807, 2.05) is 36.4 Å². The summed E-state index contributed by atoms with van der Waals surface area (Å²) < 4.78 is 0. The lowest BCUT2D eigenvalue weighted by Gasteiger charge is -2.45. The molecule has 4 aromatic rings. The van der Waals surface area contributed by atoms with Gasteiger partial charge in [0.05, 0.1) is 0 Å². The van der Waals surface area contributed by atoms with Crippen LogP contribution in [-0.2, 0) is 11.2 Å². The minimum Gasteiger partial charge on any atom is -0.377 e. The van der Waals surface area contributed by atoms with Crippen molar-refractivity contribution in [1.29, 1.82) is 0 Å². The third kappa shape index (κ3) is 3.23. The molecule has 0 aliphatic carbocycles. The van der Waals surface area contributed by atoms with Crippen LogP contribution in [0.2, 0.25) is 10.0 Å². The Balaban J connectivity index is 2.16. The van der Waals surface area contributed by atoms with Gasteiger partial charge in [-0.05, 0) is 23.3 Å². The molecule has 2 nitrogen and oxygen atoms in total. The fourth-order valence-electron chi connectivity index (χ4n) is 3.99. The van der Waals surface area contributed by atoms with Crippen molar-refractivity contribution in [2.75, 3.05) is 0 Å². The van der Waals surface area contributed by atoms with Crippen molar-refractivity contribution in [3.63, 3.8) is 0 Å². The second-order valence-corrected chi connectivity index (χ2v) is 7.93. The average Bonchev–Trinajstić information content (AvgIpc) is 2.80. The van der Waals surface area contributed by atoms with Crippen molar-refractivity contribution in [2.24, 2.45) is 0 Å². The second kappa shape index (κ2) is 8.25. The van der Waals surface area contributed by atoms with Gasteiger partial charge in [-0.25, -0.2) is 0 Å². The van der Waals surface area contributed by atoms with Gasteiger partial charge in [0, 0.05) is 21.2 Å². The molecule has 0 amide bonds. The fraction of sp³-hybridized carbons (Fsp3) is 0.0769. The third-order valence-electron chi connectivity index (χ3n) is 5.43. The molecule has 0 aliphatic heterocycles. The summed E-state index contributed by atoms with van der Waals surface area (Å²) in [6.45, 7) is 0. The SMILES string of the molecule is OC(c1ccccc1)(c1ccccc1Cl)C(O)(c1ccccc1)c1ccccc1Cl. The van der Waals surface area contributed by atoms with Gasteiger partial charge in [-0.1, -0.05) is 120 Å². The van der Waals surface area contributed by atoms with E-state index in [-0.39, 0.29) is 0 Å². The highest BCUT2D eigenvalue weighted by molar-refractivity contribution is 6.32. The predicted octanol–water partition coefficient (Wildman–Crippen LogP) is 6.17. The van der Waals surface area contributed by atoms with Crippen LogP contribution >= 0.6 is 23.2 Å². The van der Waals surface area contributed by atoms with E-state index in [2.05, 4.69) is 0 Å². The number of hydrogen-bond acceptors (Lipinski definition) is 2. The molecule has 4 heteroatoms. The van der Waals surface area contributed by atoms with Gasteiger partial charge in [-0.15, -0.1) is 0 Å². The summed E-state index contributed by atoms with van der Waals surface area (Å²) in [5.74, 6) is 0. The number of hydrogen-bond donors (Lipinski definition) is 2. The summed E-state index contributed by atoms with van der Waals surface area (Å²) in [5.41, 5.74) is -2.13. The molecule has 0 saturated heterocycles. The van der Waals surface area contributed by atoms with E-state index in [0.29, 0.717) is 32.3 Å². The predicted molar refractivity (Wildman–Crippen MR) is 122 cm³/mol. The summed E-state index contributed by atoms with van der Waals surface area (Å²) in [6.07, 6.45) is 0. The van der Waals surface area contributed by atoms with Gasteiger partial charge in [0.1, 0.15) is 0 Å². The van der Waals surface area contributed by atoms with Gasteiger partial charge < -0.3 is 10.2 Å². The molecular weight excluding hydrogens is 415 g/mol. The standard InChI is InChI=1S/C26H20Cl2O2/c27-23-17-9-7-15-21(23)25(29,19-11-3-1-4-12-19)26(30,20-13-5-2-6-14-20)22-16-8-10-18-24(22)28/h1-18,29-30H. The van der Waals surface area contributed by atoms with Gasteiger partial charge >= 0.3 is 0 Å². The van der Waals surface area contributed by atoms with Crippen LogP contribution in [0.1, 0.15) is 22.3 Å². The van der Waals surface area contributed by atoms with E-state index in [1.165, 1.54) is 0 Å². The van der Waals surface area contributed by atoms with Gasteiger partial charge in [0.15, 0.2) is 11.2 Å². The minimum atomic E-state index is -1.93. The normalized spacial score (nSPS) is 15.2. The van der Waals surface area contributed by atoms with Crippen LogP contribution in [0, 0.1) is 0 Å². The first-order chi connectivity index (χ1) is 14.5. The molecule has 4 rings (SSSR count). The third-order valence-corrected chi connectivity index (χ3v) is 6.09. The molecule has 2 unspecified atom stereocenters. The first-order valence-electron chi connectivity index (χ1n) is 9.55. The summed E-state index contributed by atoms with van der Waals surface area (Å²) in [6, 6.07) is 32.0. The lowest BCUT2D eigenvalue weighted by Crippen LogP contribution is -2.51. The summed E-state index contributed by atoms with van der Waals surface area (Å²) in [7, 11) is 0. The van der Waals surface area contributed by atoms with Crippen LogP contribution in [-0.4, -0.2) is 10.2 Å². The zero-order valence-electron chi connectivity index (χ0n) is 16.0. The Kier molecular flexibility index (Phi) is 5.68. The van der Waals surface area contributed by atoms with E-state index < -0.39 is 11.2 Å². The highest BCUT2D eigenvalue weighted by Gasteiger charge is 2.55. The molecule has 2 atom stereocenters. The quantitative estimate of drug-likeness (QED) is 0.394. The highest BCUT2D eigenvalue weighted by Crippen LogP contribution is 2.52. The van der Waals surface area contributed by atoms with Crippen LogP contribution in [0.4, 0.5) is 0 Å². The maximum Gasteiger partial charge on any atom is 0.153 e. The molecule has 0 saturated carbocycles. The van der Waals surface area contributed by atoms with Crippen molar-refractivity contribution < 1.29 is 10.2 Å². The van der Waals surface area contributed by atoms with Crippen molar-refractivity contribution in [1.82, 2.24) is 0 Å². The molecule has 0 aromatic heterocycles. The maximum atomic E-state index is 12.5. The van der Waals surface area contributed by atoms with E-state index in [0.717, 1.165) is 0 Å². The van der Waals surface area contributed by atoms with E-state index in [1.54, 1.807) is 72.8 Å². The Hall–Kier alpha value is -2.62. The molecule has 150 valence electrons. The number of benzene rings is 4. The van der Waals surface area contributed by atoms with E-state index >= 15 is 0 Å². The van der Waals surface area contributed by atoms with Gasteiger partial charge in [-0.3, -0.25) is 0 Å². The average molecular weight is 435 g/mol. The lowest BCUT2D eigenvalue weighted by molar-refractivity contribution is -0.112.